The third kappa shape index (κ3) is 8.37. The van der Waals surface area contributed by atoms with Gasteiger partial charge in [-0.05, 0) is 50.4 Å². The fraction of sp³-hybridized carbons (Fsp3) is 0.667. The van der Waals surface area contributed by atoms with Crippen molar-refractivity contribution >= 4 is 14.3 Å². The van der Waals surface area contributed by atoms with Crippen LogP contribution in [-0.4, -0.2) is 27.5 Å². The number of hydrogen-bond acceptors (Lipinski definition) is 3. The number of unbranched alkanes of at least 4 members (excludes halogenated alkanes) is 2. The summed E-state index contributed by atoms with van der Waals surface area (Å²) in [6, 6.07) is 0. The highest BCUT2D eigenvalue weighted by atomic mass is 28.4. The summed E-state index contributed by atoms with van der Waals surface area (Å²) in [4.78, 5) is 11.5. The summed E-state index contributed by atoms with van der Waals surface area (Å²) in [7, 11) is -1.62. The Hall–Kier alpha value is -1.09. The molecular weight excluding hydrogens is 292 g/mol. The van der Waals surface area contributed by atoms with Crippen molar-refractivity contribution < 1.29 is 14.0 Å². The first-order valence-electron chi connectivity index (χ1n) is 7.95. The van der Waals surface area contributed by atoms with Gasteiger partial charge in [0.05, 0.1) is 5.57 Å². The predicted octanol–water partition coefficient (Wildman–Crippen LogP) is 5.01. The minimum absolute atomic E-state index is 0.239. The van der Waals surface area contributed by atoms with Crippen LogP contribution in [0.25, 0.3) is 0 Å². The highest BCUT2D eigenvalue weighted by Crippen LogP contribution is 2.36. The first-order valence-corrected chi connectivity index (χ1v) is 10.9. The molecule has 0 amide bonds. The quantitative estimate of drug-likeness (QED) is 0.149. The topological polar surface area (TPSA) is 35.5 Å². The standard InChI is InChI=1S/C18H32O3Si/c1-8-14-20-17(19)16(2)13-11-9-10-12-15-21-22(6,7)18(3,4)5/h8,11H,1,9-10,12,14-15H2,2-7H3. The summed E-state index contributed by atoms with van der Waals surface area (Å²) in [6.45, 7) is 17.6. The van der Waals surface area contributed by atoms with Crippen LogP contribution in [0.2, 0.25) is 18.1 Å². The third-order valence-electron chi connectivity index (χ3n) is 3.97. The molecule has 0 aliphatic rings. The summed E-state index contributed by atoms with van der Waals surface area (Å²) >= 11 is 0. The highest BCUT2D eigenvalue weighted by molar-refractivity contribution is 6.74. The zero-order valence-electron chi connectivity index (χ0n) is 15.1. The Labute approximate surface area is 137 Å². The third-order valence-corrected chi connectivity index (χ3v) is 8.51. The van der Waals surface area contributed by atoms with E-state index < -0.39 is 8.32 Å². The summed E-state index contributed by atoms with van der Waals surface area (Å²) in [6.07, 6.45) is 6.42. The monoisotopic (exact) mass is 324 g/mol. The van der Waals surface area contributed by atoms with E-state index in [0.29, 0.717) is 5.57 Å². The van der Waals surface area contributed by atoms with Gasteiger partial charge in [-0.25, -0.2) is 4.79 Å². The van der Waals surface area contributed by atoms with Crippen molar-refractivity contribution in [1.82, 2.24) is 0 Å². The highest BCUT2D eigenvalue weighted by Gasteiger charge is 2.36. The van der Waals surface area contributed by atoms with Crippen molar-refractivity contribution in [3.63, 3.8) is 0 Å². The van der Waals surface area contributed by atoms with E-state index in [2.05, 4.69) is 46.2 Å². The van der Waals surface area contributed by atoms with Gasteiger partial charge in [-0.1, -0.05) is 33.4 Å². The Morgan fingerprint density at radius 1 is 1.27 bits per heavy atom. The maximum Gasteiger partial charge on any atom is 0.341 e. The molecule has 0 saturated heterocycles. The number of esters is 1. The fourth-order valence-electron chi connectivity index (χ4n) is 1.42. The average Bonchev–Trinajstić information content (AvgIpc) is 2.42. The van der Waals surface area contributed by atoms with Crippen LogP contribution in [0.5, 0.6) is 0 Å². The molecule has 0 aliphatic heterocycles. The Morgan fingerprint density at radius 2 is 1.91 bits per heavy atom. The summed E-state index contributed by atoms with van der Waals surface area (Å²) in [5.74, 6) is -0.336. The van der Waals surface area contributed by atoms with Crippen LogP contribution in [0.4, 0.5) is 0 Å². The number of ether oxygens (including phenoxy) is 1. The van der Waals surface area contributed by atoms with E-state index in [4.69, 9.17) is 9.16 Å². The van der Waals surface area contributed by atoms with Crippen LogP contribution in [0.1, 0.15) is 47.0 Å². The summed E-state index contributed by atoms with van der Waals surface area (Å²) < 4.78 is 11.0. The van der Waals surface area contributed by atoms with Crippen LogP contribution in [-0.2, 0) is 14.0 Å². The number of carbonyl (C=O) groups is 1. The maximum atomic E-state index is 11.5. The number of rotatable bonds is 9. The van der Waals surface area contributed by atoms with E-state index in [-0.39, 0.29) is 17.6 Å². The molecule has 0 spiro atoms. The van der Waals surface area contributed by atoms with Gasteiger partial charge >= 0.3 is 5.97 Å². The Bertz CT molecular complexity index is 424. The summed E-state index contributed by atoms with van der Waals surface area (Å²) in [5.41, 5.74) is 3.47. The van der Waals surface area contributed by atoms with Gasteiger partial charge in [0, 0.05) is 6.61 Å². The van der Waals surface area contributed by atoms with Gasteiger partial charge in [0.1, 0.15) is 6.61 Å². The second-order valence-corrected chi connectivity index (χ2v) is 11.8. The molecule has 0 radical (unpaired) electrons. The van der Waals surface area contributed by atoms with Gasteiger partial charge in [0.25, 0.3) is 0 Å². The van der Waals surface area contributed by atoms with Gasteiger partial charge in [0.15, 0.2) is 8.32 Å². The molecule has 0 saturated carbocycles. The van der Waals surface area contributed by atoms with Crippen LogP contribution < -0.4 is 0 Å². The molecule has 0 unspecified atom stereocenters. The molecule has 0 N–H and O–H groups in total. The molecule has 0 bridgehead atoms. The van der Waals surface area contributed by atoms with Crippen LogP contribution in [0.3, 0.4) is 0 Å². The molecule has 22 heavy (non-hydrogen) atoms. The minimum atomic E-state index is -1.62. The van der Waals surface area contributed by atoms with Crippen molar-refractivity contribution in [3.8, 4) is 0 Å². The minimum Gasteiger partial charge on any atom is -0.458 e. The van der Waals surface area contributed by atoms with E-state index in [1.165, 1.54) is 0 Å². The lowest BCUT2D eigenvalue weighted by Gasteiger charge is -2.36. The lowest BCUT2D eigenvalue weighted by Crippen LogP contribution is -2.40. The fourth-order valence-corrected chi connectivity index (χ4v) is 2.51. The van der Waals surface area contributed by atoms with E-state index in [0.717, 1.165) is 25.9 Å². The molecule has 0 aliphatic carbocycles. The molecule has 0 aromatic rings. The summed E-state index contributed by atoms with van der Waals surface area (Å²) in [5, 5.41) is 0.262. The van der Waals surface area contributed by atoms with Crippen molar-refractivity contribution in [2.45, 2.75) is 65.1 Å². The Kier molecular flexibility index (Phi) is 9.34. The van der Waals surface area contributed by atoms with Gasteiger partial charge in [-0.15, -0.1) is 5.73 Å². The Balaban J connectivity index is 4.01. The molecule has 3 nitrogen and oxygen atoms in total. The lowest BCUT2D eigenvalue weighted by atomic mass is 10.2. The molecule has 0 heterocycles. The van der Waals surface area contributed by atoms with E-state index in [9.17, 15) is 4.79 Å². The molecule has 0 aromatic heterocycles. The average molecular weight is 325 g/mol. The van der Waals surface area contributed by atoms with Gasteiger partial charge in [-0.3, -0.25) is 0 Å². The number of hydrogen-bond donors (Lipinski definition) is 0. The van der Waals surface area contributed by atoms with Crippen molar-refractivity contribution in [2.24, 2.45) is 0 Å². The van der Waals surface area contributed by atoms with E-state index in [1.54, 1.807) is 13.0 Å². The van der Waals surface area contributed by atoms with Crippen LogP contribution in [0, 0.1) is 0 Å². The zero-order chi connectivity index (χ0) is 17.2. The largest absolute Gasteiger partial charge is 0.458 e. The number of carbonyl (C=O) groups excluding carboxylic acids is 1. The van der Waals surface area contributed by atoms with E-state index >= 15 is 0 Å². The molecule has 0 fully saturated rings. The zero-order valence-corrected chi connectivity index (χ0v) is 16.1. The Morgan fingerprint density at radius 3 is 2.45 bits per heavy atom. The second-order valence-electron chi connectivity index (χ2n) is 6.97. The van der Waals surface area contributed by atoms with Gasteiger partial charge in [0.2, 0.25) is 0 Å². The smallest absolute Gasteiger partial charge is 0.341 e. The van der Waals surface area contributed by atoms with Crippen molar-refractivity contribution in [2.75, 3.05) is 13.2 Å². The van der Waals surface area contributed by atoms with Gasteiger partial charge in [-0.2, -0.15) is 0 Å². The van der Waals surface area contributed by atoms with Crippen molar-refractivity contribution in [1.29, 1.82) is 0 Å². The predicted molar refractivity (Wildman–Crippen MR) is 95.4 cm³/mol. The molecule has 126 valence electrons. The SMILES string of the molecule is C=CCOC(=O)C(C)=C=CCCCCO[Si](C)(C)C(C)(C)C. The van der Waals surface area contributed by atoms with Crippen molar-refractivity contribution in [3.05, 3.63) is 30.0 Å². The molecular formula is C18H32O3Si. The second kappa shape index (κ2) is 9.83. The molecule has 0 atom stereocenters. The maximum absolute atomic E-state index is 11.5. The lowest BCUT2D eigenvalue weighted by molar-refractivity contribution is -0.137. The molecule has 0 rings (SSSR count). The first kappa shape index (κ1) is 20.9. The molecule has 4 heteroatoms. The van der Waals surface area contributed by atoms with Crippen LogP contribution in [0.15, 0.2) is 30.0 Å². The van der Waals surface area contributed by atoms with Crippen LogP contribution >= 0.6 is 0 Å². The van der Waals surface area contributed by atoms with E-state index in [1.807, 2.05) is 6.08 Å². The van der Waals surface area contributed by atoms with Gasteiger partial charge < -0.3 is 9.16 Å². The normalized spacial score (nSPS) is 11.5. The first-order chi connectivity index (χ1) is 10.1. The molecule has 0 aromatic carbocycles.